The highest BCUT2D eigenvalue weighted by molar-refractivity contribution is 6.08. The van der Waals surface area contributed by atoms with Crippen molar-refractivity contribution >= 4 is 10.2 Å². The summed E-state index contributed by atoms with van der Waals surface area (Å²) in [4.78, 5) is 0. The number of rotatable bonds is 7. The molecule has 0 aliphatic rings. The fraction of sp³-hybridized carbons (Fsp3) is 0.750. The van der Waals surface area contributed by atoms with E-state index in [1.807, 2.05) is 0 Å². The first kappa shape index (κ1) is 12.2. The maximum Gasteiger partial charge on any atom is 0.363 e. The molecule has 0 aromatic heterocycles. The molecule has 0 bridgehead atoms. The van der Waals surface area contributed by atoms with Crippen molar-refractivity contribution in [2.24, 2.45) is 0 Å². The maximum absolute atomic E-state index is 5.31. The summed E-state index contributed by atoms with van der Waals surface area (Å²) in [5.41, 5.74) is 0. The van der Waals surface area contributed by atoms with E-state index in [0.29, 0.717) is 12.6 Å². The van der Waals surface area contributed by atoms with Crippen molar-refractivity contribution < 1.29 is 18.9 Å². The van der Waals surface area contributed by atoms with Crippen molar-refractivity contribution in [3.63, 3.8) is 0 Å². The summed E-state index contributed by atoms with van der Waals surface area (Å²) >= 11 is 0. The van der Waals surface area contributed by atoms with E-state index in [9.17, 15) is 0 Å². The van der Waals surface area contributed by atoms with Gasteiger partial charge < -0.3 is 18.9 Å². The Hall–Kier alpha value is -0.843. The van der Waals surface area contributed by atoms with Crippen LogP contribution in [0.4, 0.5) is 0 Å². The van der Waals surface area contributed by atoms with Crippen LogP contribution in [0.25, 0.3) is 0 Å². The number of hydrogen-bond acceptors (Lipinski definition) is 4. The molecule has 0 N–H and O–H groups in total. The second kappa shape index (κ2) is 7.79. The van der Waals surface area contributed by atoms with E-state index in [-0.39, 0.29) is 5.95 Å². The van der Waals surface area contributed by atoms with E-state index >= 15 is 0 Å². The standard InChI is InChI=1S/C8H18O4Si/c1-9-7(10-2)8(11-3)12-5-4-6-13/h4-6H2,1-3,13H3. The van der Waals surface area contributed by atoms with E-state index in [1.54, 1.807) is 0 Å². The molecule has 0 aromatic rings. The Labute approximate surface area is 82.2 Å². The molecule has 0 spiro atoms. The monoisotopic (exact) mass is 206 g/mol. The summed E-state index contributed by atoms with van der Waals surface area (Å²) < 4.78 is 20.1. The lowest BCUT2D eigenvalue weighted by Gasteiger charge is -2.11. The van der Waals surface area contributed by atoms with Crippen LogP contribution < -0.4 is 0 Å². The lowest BCUT2D eigenvalue weighted by Crippen LogP contribution is -2.04. The third kappa shape index (κ3) is 4.67. The third-order valence-electron chi connectivity index (χ3n) is 1.45. The maximum atomic E-state index is 5.31. The van der Waals surface area contributed by atoms with Crippen LogP contribution in [0.2, 0.25) is 6.04 Å². The molecule has 0 unspecified atom stereocenters. The Morgan fingerprint density at radius 2 is 1.54 bits per heavy atom. The van der Waals surface area contributed by atoms with Crippen molar-refractivity contribution in [1.82, 2.24) is 0 Å². The van der Waals surface area contributed by atoms with Gasteiger partial charge in [0.1, 0.15) is 0 Å². The summed E-state index contributed by atoms with van der Waals surface area (Å²) in [7, 11) is 5.74. The molecule has 0 saturated carbocycles. The molecule has 0 heterocycles. The molecule has 0 radical (unpaired) electrons. The molecule has 78 valence electrons. The lowest BCUT2D eigenvalue weighted by molar-refractivity contribution is -0.00813. The Morgan fingerprint density at radius 3 is 1.92 bits per heavy atom. The summed E-state index contributed by atoms with van der Waals surface area (Å²) in [6, 6.07) is 1.21. The van der Waals surface area contributed by atoms with Gasteiger partial charge in [-0.25, -0.2) is 0 Å². The van der Waals surface area contributed by atoms with Gasteiger partial charge in [-0.05, 0) is 6.42 Å². The van der Waals surface area contributed by atoms with Crippen LogP contribution >= 0.6 is 0 Å². The van der Waals surface area contributed by atoms with Crippen LogP contribution in [0.3, 0.4) is 0 Å². The molecule has 0 rings (SSSR count). The zero-order valence-electron chi connectivity index (χ0n) is 8.75. The Balaban J connectivity index is 4.04. The lowest BCUT2D eigenvalue weighted by atomic mass is 10.5. The molecule has 0 aromatic carbocycles. The van der Waals surface area contributed by atoms with E-state index in [2.05, 4.69) is 0 Å². The van der Waals surface area contributed by atoms with Gasteiger partial charge in [0.05, 0.1) is 27.9 Å². The number of methoxy groups -OCH3 is 3. The van der Waals surface area contributed by atoms with Crippen LogP contribution in [-0.2, 0) is 18.9 Å². The van der Waals surface area contributed by atoms with Crippen molar-refractivity contribution in [3.8, 4) is 0 Å². The summed E-state index contributed by atoms with van der Waals surface area (Å²) in [5, 5.41) is 0. The molecule has 0 amide bonds. The average Bonchev–Trinajstić information content (AvgIpc) is 2.17. The van der Waals surface area contributed by atoms with Gasteiger partial charge in [-0.1, -0.05) is 6.04 Å². The minimum absolute atomic E-state index is 0.274. The predicted octanol–water partition coefficient (Wildman–Crippen LogP) is 0.243. The van der Waals surface area contributed by atoms with Crippen molar-refractivity contribution in [3.05, 3.63) is 11.9 Å². The number of hydrogen-bond donors (Lipinski definition) is 0. The van der Waals surface area contributed by atoms with Gasteiger partial charge in [-0.3, -0.25) is 0 Å². The molecule has 0 aliphatic heterocycles. The fourth-order valence-corrected chi connectivity index (χ4v) is 1.05. The first-order chi connectivity index (χ1) is 6.29. The molecule has 0 fully saturated rings. The minimum Gasteiger partial charge on any atom is -0.464 e. The van der Waals surface area contributed by atoms with Crippen LogP contribution in [0, 0.1) is 0 Å². The smallest absolute Gasteiger partial charge is 0.363 e. The normalized spacial score (nSPS) is 9.15. The van der Waals surface area contributed by atoms with Crippen LogP contribution in [0.1, 0.15) is 6.42 Å². The van der Waals surface area contributed by atoms with E-state index in [4.69, 9.17) is 18.9 Å². The molecule has 13 heavy (non-hydrogen) atoms. The highest BCUT2D eigenvalue weighted by Crippen LogP contribution is 2.09. The topological polar surface area (TPSA) is 36.9 Å². The average molecular weight is 206 g/mol. The van der Waals surface area contributed by atoms with Gasteiger partial charge in [0.25, 0.3) is 0 Å². The quantitative estimate of drug-likeness (QED) is 0.340. The van der Waals surface area contributed by atoms with Gasteiger partial charge in [0, 0.05) is 10.2 Å². The van der Waals surface area contributed by atoms with Crippen LogP contribution in [0.15, 0.2) is 11.9 Å². The second-order valence-electron chi connectivity index (χ2n) is 2.39. The van der Waals surface area contributed by atoms with E-state index in [0.717, 1.165) is 6.42 Å². The van der Waals surface area contributed by atoms with Crippen LogP contribution in [0.5, 0.6) is 0 Å². The SMILES string of the molecule is COC(OC)=C(OC)OCCC[SiH3]. The molecule has 5 heteroatoms. The molecular weight excluding hydrogens is 188 g/mol. The van der Waals surface area contributed by atoms with E-state index < -0.39 is 0 Å². The van der Waals surface area contributed by atoms with Crippen LogP contribution in [-0.4, -0.2) is 38.2 Å². The number of ether oxygens (including phenoxy) is 4. The summed E-state index contributed by atoms with van der Waals surface area (Å²) in [6.45, 7) is 0.642. The second-order valence-corrected chi connectivity index (χ2v) is 3.39. The van der Waals surface area contributed by atoms with Gasteiger partial charge >= 0.3 is 11.9 Å². The van der Waals surface area contributed by atoms with Gasteiger partial charge in [-0.2, -0.15) is 0 Å². The van der Waals surface area contributed by atoms with Gasteiger partial charge in [0.15, 0.2) is 0 Å². The highest BCUT2D eigenvalue weighted by Gasteiger charge is 2.09. The van der Waals surface area contributed by atoms with E-state index in [1.165, 1.54) is 37.6 Å². The molecular formula is C8H18O4Si. The highest BCUT2D eigenvalue weighted by atomic mass is 28.1. The van der Waals surface area contributed by atoms with Crippen molar-refractivity contribution in [1.29, 1.82) is 0 Å². The first-order valence-electron chi connectivity index (χ1n) is 4.29. The predicted molar refractivity (Wildman–Crippen MR) is 53.4 cm³/mol. The Kier molecular flexibility index (Phi) is 7.28. The zero-order valence-corrected chi connectivity index (χ0v) is 10.8. The molecule has 4 nitrogen and oxygen atoms in total. The molecule has 0 atom stereocenters. The summed E-state index contributed by atoms with van der Waals surface area (Å²) in [5.74, 6) is 0.580. The largest absolute Gasteiger partial charge is 0.464 e. The van der Waals surface area contributed by atoms with Crippen molar-refractivity contribution in [2.45, 2.75) is 12.5 Å². The van der Waals surface area contributed by atoms with Crippen molar-refractivity contribution in [2.75, 3.05) is 27.9 Å². The van der Waals surface area contributed by atoms with Gasteiger partial charge in [0.2, 0.25) is 0 Å². The first-order valence-corrected chi connectivity index (χ1v) is 5.70. The molecule has 0 saturated heterocycles. The Bertz CT molecular complexity index is 152. The third-order valence-corrected chi connectivity index (χ3v) is 2.16. The zero-order chi connectivity index (χ0) is 10.1. The fourth-order valence-electron chi connectivity index (χ4n) is 0.760. The van der Waals surface area contributed by atoms with Gasteiger partial charge in [-0.15, -0.1) is 0 Å². The minimum atomic E-state index is 0.274. The molecule has 0 aliphatic carbocycles. The Morgan fingerprint density at radius 1 is 1.00 bits per heavy atom. The summed E-state index contributed by atoms with van der Waals surface area (Å²) in [6.07, 6.45) is 1.04.